The van der Waals surface area contributed by atoms with Gasteiger partial charge in [-0.3, -0.25) is 4.18 Å². The Kier molecular flexibility index (Phi) is 5.56. The summed E-state index contributed by atoms with van der Waals surface area (Å²) in [6, 6.07) is 3.37. The molecule has 2 N–H and O–H groups in total. The Labute approximate surface area is 105 Å². The van der Waals surface area contributed by atoms with E-state index >= 15 is 0 Å². The van der Waals surface area contributed by atoms with Crippen LogP contribution in [0.1, 0.15) is 11.3 Å². The minimum Gasteiger partial charge on any atom is -0.392 e. The summed E-state index contributed by atoms with van der Waals surface area (Å²) in [4.78, 5) is 2.82. The van der Waals surface area contributed by atoms with Gasteiger partial charge in [0.25, 0.3) is 10.1 Å². The topological polar surface area (TPSA) is 105 Å². The van der Waals surface area contributed by atoms with E-state index in [-0.39, 0.29) is 13.2 Å². The molecule has 0 spiro atoms. The highest BCUT2D eigenvalue weighted by atomic mass is 32.2. The Hall–Kier alpha value is -1.64. The largest absolute Gasteiger partial charge is 0.392 e. The van der Waals surface area contributed by atoms with Crippen molar-refractivity contribution in [3.05, 3.63) is 42.0 Å². The van der Waals surface area contributed by atoms with Crippen LogP contribution in [0, 0.1) is 0 Å². The van der Waals surface area contributed by atoms with Gasteiger partial charge in [0.2, 0.25) is 0 Å². The number of aliphatic hydroxyl groups excluding tert-OH is 1. The molecule has 0 unspecified atom stereocenters. The predicted octanol–water partition coefficient (Wildman–Crippen LogP) is 0.658. The summed E-state index contributed by atoms with van der Waals surface area (Å²) in [7, 11) is -3.38. The molecule has 0 aromatic carbocycles. The zero-order chi connectivity index (χ0) is 13.4. The zero-order valence-corrected chi connectivity index (χ0v) is 10.6. The highest BCUT2D eigenvalue weighted by Gasteiger charge is 2.03. The summed E-state index contributed by atoms with van der Waals surface area (Å²) < 4.78 is 29.8. The number of hydrogen-bond donors (Lipinski definition) is 2. The number of H-pyrrole nitrogens is 1. The summed E-state index contributed by atoms with van der Waals surface area (Å²) in [6.07, 6.45) is 5.87. The van der Waals surface area contributed by atoms with E-state index in [4.69, 9.17) is 5.11 Å². The van der Waals surface area contributed by atoms with Crippen LogP contribution in [0.25, 0.3) is 0 Å². The van der Waals surface area contributed by atoms with Crippen LogP contribution in [-0.4, -0.2) is 29.9 Å². The first kappa shape index (κ1) is 14.4. The van der Waals surface area contributed by atoms with Crippen molar-refractivity contribution in [1.29, 1.82) is 0 Å². The number of rotatable bonds is 4. The van der Waals surface area contributed by atoms with Crippen LogP contribution in [0.15, 0.2) is 35.3 Å². The van der Waals surface area contributed by atoms with E-state index in [1.54, 1.807) is 12.4 Å². The molecule has 0 atom stereocenters. The van der Waals surface area contributed by atoms with E-state index in [0.29, 0.717) is 5.69 Å². The normalized spacial score (nSPS) is 10.8. The standard InChI is InChI=1S/C5H7NO4S.C5H7NO/c1-11(7,8)10-4-5-2-3-9-6-5;7-4-5-1-2-6-3-5/h2-3H,4H2,1H3;1-3,6-7H,4H2. The molecular weight excluding hydrogens is 260 g/mol. The van der Waals surface area contributed by atoms with E-state index in [1.165, 1.54) is 12.3 Å². The van der Waals surface area contributed by atoms with E-state index < -0.39 is 10.1 Å². The maximum Gasteiger partial charge on any atom is 0.264 e. The second-order valence-corrected chi connectivity index (χ2v) is 4.98. The number of hydrogen-bond acceptors (Lipinski definition) is 6. The monoisotopic (exact) mass is 274 g/mol. The van der Waals surface area contributed by atoms with Gasteiger partial charge >= 0.3 is 0 Å². The molecule has 0 aliphatic heterocycles. The van der Waals surface area contributed by atoms with Crippen LogP contribution >= 0.6 is 0 Å². The van der Waals surface area contributed by atoms with Gasteiger partial charge in [0.05, 0.1) is 12.9 Å². The Morgan fingerprint density at radius 3 is 2.67 bits per heavy atom. The lowest BCUT2D eigenvalue weighted by atomic mass is 10.4. The fraction of sp³-hybridized carbons (Fsp3) is 0.300. The van der Waals surface area contributed by atoms with Crippen LogP contribution in [-0.2, 0) is 27.5 Å². The Balaban J connectivity index is 0.000000199. The zero-order valence-electron chi connectivity index (χ0n) is 9.74. The fourth-order valence-corrected chi connectivity index (χ4v) is 1.27. The molecule has 7 nitrogen and oxygen atoms in total. The van der Waals surface area contributed by atoms with E-state index in [1.807, 2.05) is 6.07 Å². The van der Waals surface area contributed by atoms with Crippen molar-refractivity contribution in [2.24, 2.45) is 0 Å². The number of aromatic amines is 1. The number of nitrogens with one attached hydrogen (secondary N) is 1. The maximum absolute atomic E-state index is 10.4. The van der Waals surface area contributed by atoms with Gasteiger partial charge in [-0.05, 0) is 11.6 Å². The molecule has 100 valence electrons. The van der Waals surface area contributed by atoms with Crippen LogP contribution in [0.3, 0.4) is 0 Å². The first-order valence-electron chi connectivity index (χ1n) is 4.97. The lowest BCUT2D eigenvalue weighted by Crippen LogP contribution is -2.02. The average Bonchev–Trinajstić information content (AvgIpc) is 2.99. The van der Waals surface area contributed by atoms with Gasteiger partial charge in [0.1, 0.15) is 18.6 Å². The first-order chi connectivity index (χ1) is 8.51. The quantitative estimate of drug-likeness (QED) is 0.793. The van der Waals surface area contributed by atoms with Gasteiger partial charge in [-0.1, -0.05) is 5.16 Å². The molecule has 0 radical (unpaired) electrons. The van der Waals surface area contributed by atoms with Crippen molar-refractivity contribution >= 4 is 10.1 Å². The van der Waals surface area contributed by atoms with Crippen LogP contribution in [0.5, 0.6) is 0 Å². The van der Waals surface area contributed by atoms with Crippen molar-refractivity contribution in [1.82, 2.24) is 10.1 Å². The van der Waals surface area contributed by atoms with Gasteiger partial charge in [0, 0.05) is 18.5 Å². The van der Waals surface area contributed by atoms with Crippen molar-refractivity contribution in [2.75, 3.05) is 6.26 Å². The minimum atomic E-state index is -3.38. The molecule has 8 heteroatoms. The molecule has 0 amide bonds. The molecule has 0 saturated heterocycles. The van der Waals surface area contributed by atoms with Crippen molar-refractivity contribution in [3.63, 3.8) is 0 Å². The molecule has 2 aromatic rings. The lowest BCUT2D eigenvalue weighted by Gasteiger charge is -1.94. The van der Waals surface area contributed by atoms with Crippen LogP contribution in [0.2, 0.25) is 0 Å². The van der Waals surface area contributed by atoms with Crippen molar-refractivity contribution in [2.45, 2.75) is 13.2 Å². The van der Waals surface area contributed by atoms with E-state index in [9.17, 15) is 8.42 Å². The highest BCUT2D eigenvalue weighted by molar-refractivity contribution is 7.85. The molecule has 2 heterocycles. The summed E-state index contributed by atoms with van der Waals surface area (Å²) in [6.45, 7) is 0.0544. The first-order valence-corrected chi connectivity index (χ1v) is 6.79. The summed E-state index contributed by atoms with van der Waals surface area (Å²) in [5.74, 6) is 0. The summed E-state index contributed by atoms with van der Waals surface area (Å²) >= 11 is 0. The number of nitrogens with zero attached hydrogens (tertiary/aromatic N) is 1. The Morgan fingerprint density at radius 2 is 2.28 bits per heavy atom. The summed E-state index contributed by atoms with van der Waals surface area (Å²) in [5.41, 5.74) is 1.38. The van der Waals surface area contributed by atoms with Gasteiger partial charge in [-0.25, -0.2) is 0 Å². The van der Waals surface area contributed by atoms with Gasteiger partial charge in [0.15, 0.2) is 0 Å². The van der Waals surface area contributed by atoms with Crippen LogP contribution < -0.4 is 0 Å². The molecule has 0 saturated carbocycles. The third-order valence-corrected chi connectivity index (χ3v) is 2.30. The Morgan fingerprint density at radius 1 is 1.50 bits per heavy atom. The van der Waals surface area contributed by atoms with Crippen LogP contribution in [0.4, 0.5) is 0 Å². The molecule has 0 bridgehead atoms. The minimum absolute atomic E-state index is 0.0741. The molecule has 2 aromatic heterocycles. The van der Waals surface area contributed by atoms with E-state index in [0.717, 1.165) is 11.8 Å². The van der Waals surface area contributed by atoms with Gasteiger partial charge in [-0.2, -0.15) is 8.42 Å². The predicted molar refractivity (Wildman–Crippen MR) is 62.9 cm³/mol. The number of aliphatic hydroxyl groups is 1. The van der Waals surface area contributed by atoms with Gasteiger partial charge in [-0.15, -0.1) is 0 Å². The summed E-state index contributed by atoms with van der Waals surface area (Å²) in [5, 5.41) is 11.9. The highest BCUT2D eigenvalue weighted by Crippen LogP contribution is 1.99. The smallest absolute Gasteiger partial charge is 0.264 e. The molecule has 0 fully saturated rings. The fourth-order valence-electron chi connectivity index (χ4n) is 0.936. The molecule has 2 rings (SSSR count). The number of aromatic nitrogens is 2. The van der Waals surface area contributed by atoms with Crippen molar-refractivity contribution in [3.8, 4) is 0 Å². The SMILES string of the molecule is CS(=O)(=O)OCc1ccon1.OCc1cc[nH]c1. The molecule has 0 aliphatic rings. The van der Waals surface area contributed by atoms with Crippen molar-refractivity contribution < 1.29 is 22.2 Å². The third-order valence-electron chi connectivity index (χ3n) is 1.76. The average molecular weight is 274 g/mol. The third kappa shape index (κ3) is 6.18. The molecule has 18 heavy (non-hydrogen) atoms. The second kappa shape index (κ2) is 6.94. The Bertz CT molecular complexity index is 519. The molecule has 0 aliphatic carbocycles. The molecular formula is C10H14N2O5S. The van der Waals surface area contributed by atoms with E-state index in [2.05, 4.69) is 18.8 Å². The maximum atomic E-state index is 10.4. The van der Waals surface area contributed by atoms with Gasteiger partial charge < -0.3 is 14.6 Å². The second-order valence-electron chi connectivity index (χ2n) is 3.33. The lowest BCUT2D eigenvalue weighted by molar-refractivity contribution is 0.282.